The Morgan fingerprint density at radius 3 is 2.57 bits per heavy atom. The van der Waals surface area contributed by atoms with Crippen molar-refractivity contribution in [1.82, 2.24) is 0 Å². The molecule has 0 aliphatic heterocycles. The SMILES string of the molecule is C=CC(=O)Oc1c(SC)cc(OC(=O)OC)c2cc(Cl)ccc12. The van der Waals surface area contributed by atoms with Crippen LogP contribution in [0.25, 0.3) is 10.8 Å². The molecule has 2 aromatic carbocycles. The Labute approximate surface area is 142 Å². The number of benzene rings is 2. The molecule has 5 nitrogen and oxygen atoms in total. The van der Waals surface area contributed by atoms with Gasteiger partial charge >= 0.3 is 12.1 Å². The van der Waals surface area contributed by atoms with Gasteiger partial charge in [0.25, 0.3) is 0 Å². The minimum absolute atomic E-state index is 0.261. The van der Waals surface area contributed by atoms with E-state index in [1.165, 1.54) is 18.9 Å². The maximum atomic E-state index is 11.6. The first-order valence-corrected chi connectivity index (χ1v) is 8.00. The van der Waals surface area contributed by atoms with Gasteiger partial charge in [0, 0.05) is 21.9 Å². The number of esters is 1. The van der Waals surface area contributed by atoms with E-state index in [2.05, 4.69) is 11.3 Å². The van der Waals surface area contributed by atoms with Crippen molar-refractivity contribution in [3.8, 4) is 11.5 Å². The van der Waals surface area contributed by atoms with E-state index in [0.29, 0.717) is 26.4 Å². The normalized spacial score (nSPS) is 10.2. The van der Waals surface area contributed by atoms with Crippen molar-refractivity contribution in [3.63, 3.8) is 0 Å². The van der Waals surface area contributed by atoms with Gasteiger partial charge in [0.15, 0.2) is 5.75 Å². The van der Waals surface area contributed by atoms with Crippen LogP contribution in [0.1, 0.15) is 0 Å². The fourth-order valence-corrected chi connectivity index (χ4v) is 2.66. The molecule has 0 aliphatic carbocycles. The van der Waals surface area contributed by atoms with Gasteiger partial charge in [-0.1, -0.05) is 18.2 Å². The van der Waals surface area contributed by atoms with Gasteiger partial charge in [0.2, 0.25) is 0 Å². The molecule has 0 spiro atoms. The van der Waals surface area contributed by atoms with Crippen LogP contribution in [0.5, 0.6) is 11.5 Å². The molecule has 0 fully saturated rings. The van der Waals surface area contributed by atoms with Crippen LogP contribution in [0.15, 0.2) is 41.8 Å². The first kappa shape index (κ1) is 17.2. The summed E-state index contributed by atoms with van der Waals surface area (Å²) in [5, 5.41) is 1.55. The summed E-state index contributed by atoms with van der Waals surface area (Å²) in [6.45, 7) is 3.39. The van der Waals surface area contributed by atoms with Gasteiger partial charge in [-0.15, -0.1) is 11.8 Å². The second-order valence-corrected chi connectivity index (χ2v) is 5.56. The lowest BCUT2D eigenvalue weighted by atomic mass is 10.1. The zero-order valence-electron chi connectivity index (χ0n) is 12.4. The third-order valence-electron chi connectivity index (χ3n) is 2.93. The molecule has 0 heterocycles. The Morgan fingerprint density at radius 2 is 1.96 bits per heavy atom. The molecule has 2 aromatic rings. The van der Waals surface area contributed by atoms with Crippen LogP contribution in [0.4, 0.5) is 4.79 Å². The molecule has 0 N–H and O–H groups in total. The molecule has 7 heteroatoms. The number of carbonyl (C=O) groups excluding carboxylic acids is 2. The minimum atomic E-state index is -0.853. The average Bonchev–Trinajstić information content (AvgIpc) is 2.56. The molecule has 0 saturated carbocycles. The van der Waals surface area contributed by atoms with Crippen molar-refractivity contribution in [3.05, 3.63) is 41.9 Å². The number of hydrogen-bond donors (Lipinski definition) is 0. The van der Waals surface area contributed by atoms with Gasteiger partial charge in [-0.25, -0.2) is 9.59 Å². The van der Waals surface area contributed by atoms with Crippen molar-refractivity contribution in [2.24, 2.45) is 0 Å². The monoisotopic (exact) mass is 352 g/mol. The summed E-state index contributed by atoms with van der Waals surface area (Å²) in [6.07, 6.45) is 2.03. The Kier molecular flexibility index (Phi) is 5.52. The maximum Gasteiger partial charge on any atom is 0.513 e. The van der Waals surface area contributed by atoms with E-state index in [1.54, 1.807) is 24.3 Å². The number of hydrogen-bond acceptors (Lipinski definition) is 6. The van der Waals surface area contributed by atoms with E-state index in [0.717, 1.165) is 6.08 Å². The lowest BCUT2D eigenvalue weighted by Gasteiger charge is -2.14. The Hall–Kier alpha value is -2.18. The number of halogens is 1. The third kappa shape index (κ3) is 3.78. The van der Waals surface area contributed by atoms with Crippen LogP contribution in [-0.4, -0.2) is 25.5 Å². The second kappa shape index (κ2) is 7.39. The van der Waals surface area contributed by atoms with Gasteiger partial charge < -0.3 is 14.2 Å². The van der Waals surface area contributed by atoms with Crippen LogP contribution in [0.2, 0.25) is 5.02 Å². The molecule has 120 valence electrons. The van der Waals surface area contributed by atoms with E-state index in [4.69, 9.17) is 21.1 Å². The van der Waals surface area contributed by atoms with Gasteiger partial charge in [-0.2, -0.15) is 0 Å². The van der Waals surface area contributed by atoms with Crippen molar-refractivity contribution in [2.75, 3.05) is 13.4 Å². The van der Waals surface area contributed by atoms with Crippen molar-refractivity contribution < 1.29 is 23.8 Å². The molecule has 0 aliphatic rings. The highest BCUT2D eigenvalue weighted by Crippen LogP contribution is 2.42. The molecule has 0 amide bonds. The summed E-state index contributed by atoms with van der Waals surface area (Å²) in [7, 11) is 1.22. The largest absolute Gasteiger partial charge is 0.513 e. The number of methoxy groups -OCH3 is 1. The van der Waals surface area contributed by atoms with Crippen molar-refractivity contribution >= 4 is 46.3 Å². The number of rotatable bonds is 4. The predicted molar refractivity (Wildman–Crippen MR) is 89.6 cm³/mol. The molecule has 23 heavy (non-hydrogen) atoms. The van der Waals surface area contributed by atoms with Gasteiger partial charge in [0.05, 0.1) is 12.0 Å². The molecule has 0 radical (unpaired) electrons. The van der Waals surface area contributed by atoms with Crippen LogP contribution in [0.3, 0.4) is 0 Å². The summed E-state index contributed by atoms with van der Waals surface area (Å²) in [6, 6.07) is 6.55. The van der Waals surface area contributed by atoms with Crippen LogP contribution >= 0.6 is 23.4 Å². The molecule has 2 rings (SSSR count). The average molecular weight is 353 g/mol. The topological polar surface area (TPSA) is 61.8 Å². The Balaban J connectivity index is 2.71. The van der Waals surface area contributed by atoms with Crippen molar-refractivity contribution in [1.29, 1.82) is 0 Å². The molecule has 0 bridgehead atoms. The summed E-state index contributed by atoms with van der Waals surface area (Å²) >= 11 is 7.36. The fourth-order valence-electron chi connectivity index (χ4n) is 1.93. The first-order chi connectivity index (χ1) is 11.0. The highest BCUT2D eigenvalue weighted by atomic mass is 35.5. The highest BCUT2D eigenvalue weighted by Gasteiger charge is 2.18. The smallest absolute Gasteiger partial charge is 0.437 e. The number of thioether (sulfide) groups is 1. The van der Waals surface area contributed by atoms with E-state index in [-0.39, 0.29) is 5.75 Å². The molecular formula is C16H13ClO5S. The Bertz CT molecular complexity index is 788. The van der Waals surface area contributed by atoms with E-state index in [9.17, 15) is 9.59 Å². The lowest BCUT2D eigenvalue weighted by Crippen LogP contribution is -2.09. The van der Waals surface area contributed by atoms with Crippen LogP contribution in [0, 0.1) is 0 Å². The second-order valence-electron chi connectivity index (χ2n) is 4.28. The first-order valence-electron chi connectivity index (χ1n) is 6.40. The molecule has 0 saturated heterocycles. The zero-order valence-corrected chi connectivity index (χ0v) is 14.0. The summed E-state index contributed by atoms with van der Waals surface area (Å²) in [5.41, 5.74) is 0. The fraction of sp³-hybridized carbons (Fsp3) is 0.125. The van der Waals surface area contributed by atoms with Gasteiger partial charge in [-0.3, -0.25) is 0 Å². The van der Waals surface area contributed by atoms with E-state index >= 15 is 0 Å². The summed E-state index contributed by atoms with van der Waals surface area (Å²) < 4.78 is 15.0. The molecular weight excluding hydrogens is 340 g/mol. The van der Waals surface area contributed by atoms with Crippen LogP contribution in [-0.2, 0) is 9.53 Å². The minimum Gasteiger partial charge on any atom is -0.437 e. The van der Waals surface area contributed by atoms with E-state index in [1.807, 2.05) is 6.26 Å². The number of carbonyl (C=O) groups is 2. The predicted octanol–water partition coefficient (Wildman–Crippen LogP) is 4.45. The zero-order chi connectivity index (χ0) is 17.0. The lowest BCUT2D eigenvalue weighted by molar-refractivity contribution is -0.129. The standard InChI is InChI=1S/C16H13ClO5S/c1-4-14(18)22-15-10-6-5-9(17)7-11(10)12(8-13(15)23-3)21-16(19)20-2/h4-8H,1H2,2-3H3. The van der Waals surface area contributed by atoms with Gasteiger partial charge in [0.1, 0.15) is 5.75 Å². The molecule has 0 unspecified atom stereocenters. The van der Waals surface area contributed by atoms with E-state index < -0.39 is 12.1 Å². The number of fused-ring (bicyclic) bond motifs is 1. The van der Waals surface area contributed by atoms with Crippen molar-refractivity contribution in [2.45, 2.75) is 4.90 Å². The third-order valence-corrected chi connectivity index (χ3v) is 3.91. The van der Waals surface area contributed by atoms with Gasteiger partial charge in [-0.05, 0) is 30.5 Å². The quantitative estimate of drug-likeness (QED) is 0.266. The highest BCUT2D eigenvalue weighted by molar-refractivity contribution is 7.98. The summed E-state index contributed by atoms with van der Waals surface area (Å²) in [5.74, 6) is 0.0292. The summed E-state index contributed by atoms with van der Waals surface area (Å²) in [4.78, 5) is 23.6. The maximum absolute atomic E-state index is 11.6. The molecule has 0 atom stereocenters. The number of ether oxygens (including phenoxy) is 3. The Morgan fingerprint density at radius 1 is 1.22 bits per heavy atom. The van der Waals surface area contributed by atoms with Crippen LogP contribution < -0.4 is 9.47 Å². The molecule has 0 aromatic heterocycles.